The molecule has 2 atom stereocenters. The Morgan fingerprint density at radius 1 is 1.23 bits per heavy atom. The van der Waals surface area contributed by atoms with E-state index in [1.807, 2.05) is 0 Å². The fourth-order valence-corrected chi connectivity index (χ4v) is 1.76. The Morgan fingerprint density at radius 3 is 2.12 bits per heavy atom. The van der Waals surface area contributed by atoms with Crippen molar-refractivity contribution in [1.29, 1.82) is 0 Å². The molecule has 0 saturated heterocycles. The second kappa shape index (κ2) is 9.66. The summed E-state index contributed by atoms with van der Waals surface area (Å²) < 4.78 is 59.0. The second-order valence-electron chi connectivity index (χ2n) is 5.71. The van der Waals surface area contributed by atoms with E-state index in [4.69, 9.17) is 19.6 Å². The molecule has 10 nitrogen and oxygen atoms in total. The number of nitrogens with zero attached hydrogens (tertiary/aromatic N) is 3. The highest BCUT2D eigenvalue weighted by molar-refractivity contribution is 7.97. The molecule has 0 fully saturated rings. The minimum absolute atomic E-state index is 0.324. The van der Waals surface area contributed by atoms with Crippen LogP contribution in [0.4, 0.5) is 9.18 Å². The Labute approximate surface area is 155 Å². The molecule has 26 heavy (non-hydrogen) atoms. The lowest BCUT2D eigenvalue weighted by Gasteiger charge is -2.25. The topological polar surface area (TPSA) is 155 Å². The van der Waals surface area contributed by atoms with Crippen LogP contribution in [0.15, 0.2) is 33.9 Å². The Bertz CT molecular complexity index is 727. The number of nitrogens with two attached hydrogens (primary N) is 1. The Hall–Kier alpha value is -1.96. The summed E-state index contributed by atoms with van der Waals surface area (Å²) in [5, 5.41) is -1.49. The largest absolute Gasteiger partial charge is 0.443 e. The molecule has 0 rings (SSSR count). The molecule has 0 aromatic carbocycles. The molecule has 1 amide bonds. The molecule has 2 unspecified atom stereocenters. The molecule has 0 aliphatic carbocycles. The van der Waals surface area contributed by atoms with Crippen LogP contribution in [0.2, 0.25) is 0 Å². The molecular formula is C13H21FN4O6S2. The summed E-state index contributed by atoms with van der Waals surface area (Å²) >= 11 is -5.41. The third kappa shape index (κ3) is 7.95. The van der Waals surface area contributed by atoms with Crippen molar-refractivity contribution in [3.63, 3.8) is 0 Å². The van der Waals surface area contributed by atoms with E-state index in [9.17, 15) is 17.6 Å². The van der Waals surface area contributed by atoms with Gasteiger partial charge in [-0.2, -0.15) is 9.38 Å². The number of amides is 1. The van der Waals surface area contributed by atoms with Crippen LogP contribution in [0.5, 0.6) is 0 Å². The first-order valence-electron chi connectivity index (χ1n) is 6.84. The predicted molar refractivity (Wildman–Crippen MR) is 97.5 cm³/mol. The van der Waals surface area contributed by atoms with Crippen molar-refractivity contribution in [3.8, 4) is 0 Å². The van der Waals surface area contributed by atoms with Gasteiger partial charge >= 0.3 is 6.09 Å². The van der Waals surface area contributed by atoms with E-state index >= 15 is 0 Å². The van der Waals surface area contributed by atoms with Crippen LogP contribution in [0.1, 0.15) is 27.7 Å². The quantitative estimate of drug-likeness (QED) is 0.209. The molecule has 0 aromatic heterocycles. The molecule has 0 aromatic rings. The number of halogens is 1. The van der Waals surface area contributed by atoms with Crippen molar-refractivity contribution in [2.24, 2.45) is 15.7 Å². The van der Waals surface area contributed by atoms with Crippen molar-refractivity contribution in [1.82, 2.24) is 4.90 Å². The zero-order valence-electron chi connectivity index (χ0n) is 14.8. The first kappa shape index (κ1) is 24.0. The normalized spacial score (nSPS) is 16.5. The summed E-state index contributed by atoms with van der Waals surface area (Å²) in [7, 11) is 1.22. The number of likely N-dealkylation sites (N-methyl/N-ethyl adjacent to an activating group) is 1. The van der Waals surface area contributed by atoms with Gasteiger partial charge in [0.1, 0.15) is 16.3 Å². The summed E-state index contributed by atoms with van der Waals surface area (Å²) in [5.74, 6) is -1.47. The van der Waals surface area contributed by atoms with Gasteiger partial charge < -0.3 is 15.0 Å². The van der Waals surface area contributed by atoms with Gasteiger partial charge in [-0.15, -0.1) is 0 Å². The number of amidine groups is 1. The van der Waals surface area contributed by atoms with Crippen LogP contribution >= 0.6 is 0 Å². The van der Waals surface area contributed by atoms with Crippen molar-refractivity contribution in [2.75, 3.05) is 7.05 Å². The minimum Gasteiger partial charge on any atom is -0.443 e. The minimum atomic E-state index is -2.87. The molecular weight excluding hydrogens is 391 g/mol. The average molecular weight is 412 g/mol. The van der Waals surface area contributed by atoms with E-state index in [0.717, 1.165) is 11.8 Å². The number of hydrogen-bond donors (Lipinski definition) is 3. The Morgan fingerprint density at radius 2 is 1.73 bits per heavy atom. The summed E-state index contributed by atoms with van der Waals surface area (Å²) in [5.41, 5.74) is 3.65. The summed E-state index contributed by atoms with van der Waals surface area (Å²) in [6, 6.07) is 0. The van der Waals surface area contributed by atoms with Gasteiger partial charge in [0.25, 0.3) is 0 Å². The van der Waals surface area contributed by atoms with Gasteiger partial charge in [0, 0.05) is 7.05 Å². The second-order valence-corrected chi connectivity index (χ2v) is 7.67. The number of hydrogen-bond acceptors (Lipinski definition) is 6. The molecule has 0 heterocycles. The maximum Gasteiger partial charge on any atom is 0.414 e. The van der Waals surface area contributed by atoms with Gasteiger partial charge in [0.2, 0.25) is 33.3 Å². The third-order valence-electron chi connectivity index (χ3n) is 2.46. The van der Waals surface area contributed by atoms with Crippen LogP contribution in [0.25, 0.3) is 0 Å². The number of aliphatic imine (C=N–C) groups is 2. The lowest BCUT2D eigenvalue weighted by molar-refractivity contribution is 0.0357. The van der Waals surface area contributed by atoms with Crippen LogP contribution in [0, 0.1) is 0 Å². The van der Waals surface area contributed by atoms with Gasteiger partial charge in [-0.3, -0.25) is 9.45 Å². The van der Waals surface area contributed by atoms with E-state index in [1.165, 1.54) is 7.05 Å². The molecule has 0 spiro atoms. The van der Waals surface area contributed by atoms with Crippen LogP contribution in [-0.2, 0) is 26.9 Å². The van der Waals surface area contributed by atoms with Gasteiger partial charge in [-0.1, -0.05) is 6.58 Å². The van der Waals surface area contributed by atoms with Gasteiger partial charge in [0.05, 0.1) is 5.70 Å². The summed E-state index contributed by atoms with van der Waals surface area (Å²) in [6.07, 6.45) is -0.863. The number of carbonyl (C=O) groups excluding carboxylic acids is 1. The highest BCUT2D eigenvalue weighted by atomic mass is 32.2. The molecule has 0 aliphatic rings. The van der Waals surface area contributed by atoms with Crippen LogP contribution in [-0.4, -0.2) is 51.4 Å². The van der Waals surface area contributed by atoms with E-state index in [0.29, 0.717) is 0 Å². The number of ether oxygens (including phenoxy) is 1. The first-order valence-corrected chi connectivity index (χ1v) is 9.05. The fourth-order valence-electron chi connectivity index (χ4n) is 1.16. The van der Waals surface area contributed by atoms with Gasteiger partial charge in [0.15, 0.2) is 0 Å². The fraction of sp³-hybridized carbons (Fsp3) is 0.462. The molecule has 4 N–H and O–H groups in total. The number of rotatable bonds is 3. The van der Waals surface area contributed by atoms with Crippen molar-refractivity contribution >= 4 is 38.5 Å². The number of carbonyl (C=O) groups is 1. The predicted octanol–water partition coefficient (Wildman–Crippen LogP) is 1.68. The molecule has 13 heteroatoms. The van der Waals surface area contributed by atoms with Crippen molar-refractivity contribution in [2.45, 2.75) is 33.3 Å². The average Bonchev–Trinajstić information content (AvgIpc) is 2.49. The van der Waals surface area contributed by atoms with E-state index < -0.39 is 55.7 Å². The molecule has 0 bridgehead atoms. The van der Waals surface area contributed by atoms with Crippen molar-refractivity contribution in [3.05, 3.63) is 23.9 Å². The molecule has 0 radical (unpaired) electrons. The zero-order chi connectivity index (χ0) is 20.8. The first-order chi connectivity index (χ1) is 11.7. The van der Waals surface area contributed by atoms with Crippen LogP contribution in [0.3, 0.4) is 0 Å². The van der Waals surface area contributed by atoms with Crippen molar-refractivity contribution < 1.29 is 31.4 Å². The third-order valence-corrected chi connectivity index (χ3v) is 3.55. The van der Waals surface area contributed by atoms with Crippen LogP contribution < -0.4 is 5.73 Å². The molecule has 148 valence electrons. The lowest BCUT2D eigenvalue weighted by Crippen LogP contribution is -2.34. The summed E-state index contributed by atoms with van der Waals surface area (Å²) in [4.78, 5) is 19.1. The van der Waals surface area contributed by atoms with Gasteiger partial charge in [-0.05, 0) is 27.7 Å². The van der Waals surface area contributed by atoms with E-state index in [1.54, 1.807) is 20.8 Å². The van der Waals surface area contributed by atoms with E-state index in [-0.39, 0.29) is 5.70 Å². The standard InChI is InChI=1S/C13H21FN4O6S2/c1-7(18(6)12(19)24-13(3,4)5)9(15)10(14)17-11(26(22)23)16-8(2)25(20)21/h1,15H2,2-6H3,(H,20,21)(H,22,23)/b10-9-,16-8?,17-11?. The Balaban J connectivity index is 5.72. The Kier molecular flexibility index (Phi) is 8.93. The maximum absolute atomic E-state index is 14.1. The highest BCUT2D eigenvalue weighted by Crippen LogP contribution is 2.17. The molecule has 0 aliphatic heterocycles. The highest BCUT2D eigenvalue weighted by Gasteiger charge is 2.23. The zero-order valence-corrected chi connectivity index (χ0v) is 16.5. The molecule has 0 saturated carbocycles. The SMILES string of the molecule is C=C(/C(N)=C(\F)N=C(N=C(C)S(=O)O)S(=O)O)N(C)C(=O)OC(C)(C)C. The lowest BCUT2D eigenvalue weighted by atomic mass is 10.2. The smallest absolute Gasteiger partial charge is 0.414 e. The van der Waals surface area contributed by atoms with Gasteiger partial charge in [-0.25, -0.2) is 18.2 Å². The monoisotopic (exact) mass is 412 g/mol. The summed E-state index contributed by atoms with van der Waals surface area (Å²) in [6.45, 7) is 9.38. The van der Waals surface area contributed by atoms with E-state index in [2.05, 4.69) is 16.6 Å². The maximum atomic E-state index is 14.1.